The highest BCUT2D eigenvalue weighted by atomic mass is 16.5. The van der Waals surface area contributed by atoms with Crippen LogP contribution < -0.4 is 15.8 Å². The summed E-state index contributed by atoms with van der Waals surface area (Å²) in [5.74, 6) is 0.371. The summed E-state index contributed by atoms with van der Waals surface area (Å²) in [5.41, 5.74) is 6.41. The fourth-order valence-corrected chi connectivity index (χ4v) is 2.49. The maximum Gasteiger partial charge on any atom is 0.258 e. The number of nitrogens with two attached hydrogens (primary N) is 1. The zero-order valence-electron chi connectivity index (χ0n) is 12.3. The lowest BCUT2D eigenvalue weighted by Gasteiger charge is -2.26. The van der Waals surface area contributed by atoms with Gasteiger partial charge in [-0.15, -0.1) is 0 Å². The van der Waals surface area contributed by atoms with E-state index in [1.807, 2.05) is 0 Å². The van der Waals surface area contributed by atoms with Gasteiger partial charge in [0.05, 0.1) is 0 Å². The Hall–Kier alpha value is -1.88. The van der Waals surface area contributed by atoms with E-state index in [-0.39, 0.29) is 30.4 Å². The highest BCUT2D eigenvalue weighted by Crippen LogP contribution is 2.17. The summed E-state index contributed by atoms with van der Waals surface area (Å²) in [6.45, 7) is 1.46. The fourth-order valence-electron chi connectivity index (χ4n) is 2.49. The second-order valence-corrected chi connectivity index (χ2v) is 5.55. The molecule has 114 valence electrons. The highest BCUT2D eigenvalue weighted by molar-refractivity contribution is 5.94. The fraction of sp³-hybridized carbons (Fsp3) is 0.500. The smallest absolute Gasteiger partial charge is 0.258 e. The van der Waals surface area contributed by atoms with Crippen molar-refractivity contribution in [3.63, 3.8) is 0 Å². The topological polar surface area (TPSA) is 81.4 Å². The predicted octanol–water partition coefficient (Wildman–Crippen LogP) is 1.65. The van der Waals surface area contributed by atoms with Gasteiger partial charge in [0.2, 0.25) is 0 Å². The normalized spacial score (nSPS) is 21.6. The second-order valence-electron chi connectivity index (χ2n) is 5.55. The molecule has 1 aliphatic rings. The van der Waals surface area contributed by atoms with E-state index in [9.17, 15) is 9.59 Å². The number of rotatable bonds is 5. The third-order valence-corrected chi connectivity index (χ3v) is 3.75. The van der Waals surface area contributed by atoms with Crippen LogP contribution in [0.4, 0.5) is 0 Å². The first-order chi connectivity index (χ1) is 10.0. The zero-order chi connectivity index (χ0) is 15.2. The molecule has 0 saturated heterocycles. The molecule has 1 amide bonds. The number of hydrogen-bond donors (Lipinski definition) is 2. The van der Waals surface area contributed by atoms with Gasteiger partial charge < -0.3 is 15.8 Å². The number of carbonyl (C=O) groups excluding carboxylic acids is 2. The van der Waals surface area contributed by atoms with E-state index in [2.05, 4.69) is 5.32 Å². The van der Waals surface area contributed by atoms with Crippen molar-refractivity contribution in [1.29, 1.82) is 0 Å². The van der Waals surface area contributed by atoms with Crippen molar-refractivity contribution >= 4 is 11.7 Å². The summed E-state index contributed by atoms with van der Waals surface area (Å²) in [6.07, 6.45) is 3.75. The van der Waals surface area contributed by atoms with Gasteiger partial charge in [-0.05, 0) is 44.7 Å². The number of Topliss-reactive ketones (excluding diaryl/α,β-unsaturated/α-hetero) is 1. The second kappa shape index (κ2) is 7.22. The van der Waals surface area contributed by atoms with Crippen LogP contribution in [-0.2, 0) is 4.79 Å². The number of amides is 1. The molecule has 1 fully saturated rings. The number of ether oxygens (including phenoxy) is 1. The first kappa shape index (κ1) is 15.5. The van der Waals surface area contributed by atoms with E-state index in [4.69, 9.17) is 10.5 Å². The molecule has 0 radical (unpaired) electrons. The summed E-state index contributed by atoms with van der Waals surface area (Å²) in [4.78, 5) is 23.1. The van der Waals surface area contributed by atoms with Crippen molar-refractivity contribution < 1.29 is 14.3 Å². The van der Waals surface area contributed by atoms with Crippen LogP contribution in [0.5, 0.6) is 5.75 Å². The van der Waals surface area contributed by atoms with Gasteiger partial charge >= 0.3 is 0 Å². The third-order valence-electron chi connectivity index (χ3n) is 3.75. The van der Waals surface area contributed by atoms with E-state index >= 15 is 0 Å². The molecule has 0 unspecified atom stereocenters. The standard InChI is InChI=1S/C16H22N2O3/c1-11(19)12-3-2-4-15(9-12)21-10-16(20)18-14-7-5-13(17)6-8-14/h2-4,9,13-14H,5-8,10,17H2,1H3,(H,18,20). The summed E-state index contributed by atoms with van der Waals surface area (Å²) in [5, 5.41) is 2.96. The van der Waals surface area contributed by atoms with Crippen LogP contribution in [0.25, 0.3) is 0 Å². The van der Waals surface area contributed by atoms with Crippen LogP contribution in [0, 0.1) is 0 Å². The van der Waals surface area contributed by atoms with Crippen molar-refractivity contribution in [2.75, 3.05) is 6.61 Å². The van der Waals surface area contributed by atoms with Crippen LogP contribution in [-0.4, -0.2) is 30.4 Å². The van der Waals surface area contributed by atoms with Crippen LogP contribution in [0.3, 0.4) is 0 Å². The molecule has 1 aromatic rings. The molecule has 0 aromatic heterocycles. The van der Waals surface area contributed by atoms with E-state index in [0.717, 1.165) is 25.7 Å². The molecule has 1 aliphatic carbocycles. The summed E-state index contributed by atoms with van der Waals surface area (Å²) < 4.78 is 5.43. The molecular formula is C16H22N2O3. The van der Waals surface area contributed by atoms with Crippen LogP contribution in [0.2, 0.25) is 0 Å². The van der Waals surface area contributed by atoms with Gasteiger partial charge in [-0.1, -0.05) is 12.1 Å². The van der Waals surface area contributed by atoms with Crippen LogP contribution in [0.15, 0.2) is 24.3 Å². The van der Waals surface area contributed by atoms with E-state index in [0.29, 0.717) is 11.3 Å². The molecule has 21 heavy (non-hydrogen) atoms. The first-order valence-corrected chi connectivity index (χ1v) is 7.33. The van der Waals surface area contributed by atoms with Crippen LogP contribution in [0.1, 0.15) is 43.0 Å². The largest absolute Gasteiger partial charge is 0.484 e. The Morgan fingerprint density at radius 3 is 2.67 bits per heavy atom. The minimum Gasteiger partial charge on any atom is -0.484 e. The molecule has 0 spiro atoms. The lowest BCUT2D eigenvalue weighted by atomic mass is 9.92. The molecular weight excluding hydrogens is 268 g/mol. The van der Waals surface area contributed by atoms with Crippen molar-refractivity contribution in [3.8, 4) is 5.75 Å². The zero-order valence-corrected chi connectivity index (χ0v) is 12.3. The predicted molar refractivity (Wildman–Crippen MR) is 80.3 cm³/mol. The van der Waals surface area contributed by atoms with Crippen LogP contribution >= 0.6 is 0 Å². The number of nitrogens with one attached hydrogen (secondary N) is 1. The van der Waals surface area contributed by atoms with Crippen molar-refractivity contribution in [2.45, 2.75) is 44.7 Å². The molecule has 0 atom stereocenters. The Morgan fingerprint density at radius 1 is 1.29 bits per heavy atom. The molecule has 5 heteroatoms. The quantitative estimate of drug-likeness (QED) is 0.808. The van der Waals surface area contributed by atoms with E-state index in [1.165, 1.54) is 6.92 Å². The SMILES string of the molecule is CC(=O)c1cccc(OCC(=O)NC2CCC(N)CC2)c1. The maximum absolute atomic E-state index is 11.9. The molecule has 1 saturated carbocycles. The van der Waals surface area contributed by atoms with E-state index < -0.39 is 0 Å². The Balaban J connectivity index is 1.78. The minimum atomic E-state index is -0.135. The van der Waals surface area contributed by atoms with Crippen molar-refractivity contribution in [1.82, 2.24) is 5.32 Å². The van der Waals surface area contributed by atoms with E-state index in [1.54, 1.807) is 24.3 Å². The summed E-state index contributed by atoms with van der Waals surface area (Å²) in [7, 11) is 0. The van der Waals surface area contributed by atoms with Gasteiger partial charge in [-0.25, -0.2) is 0 Å². The van der Waals surface area contributed by atoms with Gasteiger partial charge in [-0.2, -0.15) is 0 Å². The molecule has 5 nitrogen and oxygen atoms in total. The monoisotopic (exact) mass is 290 g/mol. The number of hydrogen-bond acceptors (Lipinski definition) is 4. The summed E-state index contributed by atoms with van der Waals surface area (Å²) >= 11 is 0. The molecule has 1 aromatic carbocycles. The Kier molecular flexibility index (Phi) is 5.33. The highest BCUT2D eigenvalue weighted by Gasteiger charge is 2.20. The first-order valence-electron chi connectivity index (χ1n) is 7.33. The average molecular weight is 290 g/mol. The molecule has 0 bridgehead atoms. The minimum absolute atomic E-state index is 0.0246. The molecule has 2 rings (SSSR count). The third kappa shape index (κ3) is 4.86. The number of carbonyl (C=O) groups is 2. The van der Waals surface area contributed by atoms with Crippen molar-refractivity contribution in [2.24, 2.45) is 5.73 Å². The summed E-state index contributed by atoms with van der Waals surface area (Å²) in [6, 6.07) is 7.31. The maximum atomic E-state index is 11.9. The molecule has 0 heterocycles. The van der Waals surface area contributed by atoms with Gasteiger partial charge in [-0.3, -0.25) is 9.59 Å². The Labute approximate surface area is 124 Å². The lowest BCUT2D eigenvalue weighted by molar-refractivity contribution is -0.124. The van der Waals surface area contributed by atoms with Gasteiger partial charge in [0.1, 0.15) is 5.75 Å². The Morgan fingerprint density at radius 2 is 2.00 bits per heavy atom. The molecule has 3 N–H and O–H groups in total. The Bertz CT molecular complexity index is 508. The van der Waals surface area contributed by atoms with Gasteiger partial charge in [0, 0.05) is 17.6 Å². The number of benzene rings is 1. The molecule has 0 aliphatic heterocycles. The average Bonchev–Trinajstić information content (AvgIpc) is 2.48. The number of ketones is 1. The lowest BCUT2D eigenvalue weighted by Crippen LogP contribution is -2.42. The van der Waals surface area contributed by atoms with Crippen molar-refractivity contribution in [3.05, 3.63) is 29.8 Å². The van der Waals surface area contributed by atoms with Gasteiger partial charge in [0.15, 0.2) is 12.4 Å². The van der Waals surface area contributed by atoms with Gasteiger partial charge in [0.25, 0.3) is 5.91 Å².